The molecule has 1 N–H and O–H groups in total. The lowest BCUT2D eigenvalue weighted by Crippen LogP contribution is -2.39. The first-order valence-corrected chi connectivity index (χ1v) is 12.5. The molecule has 1 aromatic heterocycles. The number of hydrogen-bond acceptors (Lipinski definition) is 7. The van der Waals surface area contributed by atoms with Gasteiger partial charge in [0.25, 0.3) is 0 Å². The summed E-state index contributed by atoms with van der Waals surface area (Å²) in [5, 5.41) is 4.85. The van der Waals surface area contributed by atoms with Crippen LogP contribution in [0.4, 0.5) is 11.8 Å². The fourth-order valence-electron chi connectivity index (χ4n) is 4.99. The summed E-state index contributed by atoms with van der Waals surface area (Å²) in [6.07, 6.45) is 3.34. The van der Waals surface area contributed by atoms with Gasteiger partial charge in [-0.05, 0) is 50.6 Å². The molecule has 7 heteroatoms. The van der Waals surface area contributed by atoms with E-state index in [0.29, 0.717) is 6.04 Å². The molecule has 0 spiro atoms. The third kappa shape index (κ3) is 5.42. The minimum absolute atomic E-state index is 0.412. The van der Waals surface area contributed by atoms with E-state index < -0.39 is 0 Å². The predicted molar refractivity (Wildman–Crippen MR) is 139 cm³/mol. The topological polar surface area (TPSA) is 56.8 Å². The monoisotopic (exact) mass is 460 g/mol. The Balaban J connectivity index is 1.33. The summed E-state index contributed by atoms with van der Waals surface area (Å²) in [6.45, 7) is 7.29. The Kier molecular flexibility index (Phi) is 7.11. The van der Waals surface area contributed by atoms with Gasteiger partial charge in [-0.15, -0.1) is 0 Å². The molecule has 0 bridgehead atoms. The number of hydrogen-bond donors (Lipinski definition) is 1. The van der Waals surface area contributed by atoms with E-state index in [2.05, 4.69) is 63.5 Å². The van der Waals surface area contributed by atoms with E-state index in [0.717, 1.165) is 93.5 Å². The lowest BCUT2D eigenvalue weighted by molar-refractivity contribution is 0.211. The van der Waals surface area contributed by atoms with E-state index in [1.54, 1.807) is 7.11 Å². The third-order valence-corrected chi connectivity index (χ3v) is 7.07. The van der Waals surface area contributed by atoms with Gasteiger partial charge >= 0.3 is 0 Å². The molecule has 0 unspecified atom stereocenters. The van der Waals surface area contributed by atoms with Crippen LogP contribution in [0.25, 0.3) is 10.9 Å². The Morgan fingerprint density at radius 2 is 1.76 bits per heavy atom. The molecule has 34 heavy (non-hydrogen) atoms. The number of methoxy groups -OCH3 is 1. The van der Waals surface area contributed by atoms with E-state index >= 15 is 0 Å². The molecular weight excluding hydrogens is 424 g/mol. The highest BCUT2D eigenvalue weighted by Crippen LogP contribution is 2.29. The molecule has 2 aromatic carbocycles. The molecular formula is C27H36N6O. The highest BCUT2D eigenvalue weighted by Gasteiger charge is 2.22. The molecule has 2 aliphatic rings. The lowest BCUT2D eigenvalue weighted by atomic mass is 10.0. The number of likely N-dealkylation sites (tertiary alicyclic amines) is 1. The van der Waals surface area contributed by atoms with E-state index in [1.165, 1.54) is 5.56 Å². The summed E-state index contributed by atoms with van der Waals surface area (Å²) >= 11 is 0. The Morgan fingerprint density at radius 3 is 2.56 bits per heavy atom. The van der Waals surface area contributed by atoms with Gasteiger partial charge in [0, 0.05) is 56.8 Å². The van der Waals surface area contributed by atoms with Gasteiger partial charge in [0.05, 0.1) is 12.6 Å². The minimum atomic E-state index is 0.412. The van der Waals surface area contributed by atoms with Gasteiger partial charge in [-0.2, -0.15) is 4.98 Å². The van der Waals surface area contributed by atoms with Crippen LogP contribution in [0.1, 0.15) is 24.8 Å². The maximum atomic E-state index is 5.49. The quantitative estimate of drug-likeness (QED) is 0.599. The van der Waals surface area contributed by atoms with E-state index in [1.807, 2.05) is 12.1 Å². The maximum Gasteiger partial charge on any atom is 0.227 e. The number of benzene rings is 2. The van der Waals surface area contributed by atoms with E-state index in [-0.39, 0.29) is 0 Å². The van der Waals surface area contributed by atoms with Crippen molar-refractivity contribution < 1.29 is 4.74 Å². The molecule has 3 heterocycles. The zero-order valence-corrected chi connectivity index (χ0v) is 20.4. The number of ether oxygens (including phenoxy) is 1. The van der Waals surface area contributed by atoms with Crippen molar-refractivity contribution in [2.75, 3.05) is 63.6 Å². The number of rotatable bonds is 6. The van der Waals surface area contributed by atoms with Crippen LogP contribution in [-0.4, -0.2) is 79.2 Å². The van der Waals surface area contributed by atoms with Gasteiger partial charge in [-0.25, -0.2) is 4.98 Å². The molecule has 0 amide bonds. The summed E-state index contributed by atoms with van der Waals surface area (Å²) < 4.78 is 5.49. The van der Waals surface area contributed by atoms with Gasteiger partial charge in [0.15, 0.2) is 0 Å². The summed E-state index contributed by atoms with van der Waals surface area (Å²) in [6, 6.07) is 17.3. The summed E-state index contributed by atoms with van der Waals surface area (Å²) in [5.41, 5.74) is 2.32. The third-order valence-electron chi connectivity index (χ3n) is 7.07. The highest BCUT2D eigenvalue weighted by molar-refractivity contribution is 5.91. The second kappa shape index (κ2) is 10.6. The molecule has 7 nitrogen and oxygen atoms in total. The Labute approximate surface area is 202 Å². The lowest BCUT2D eigenvalue weighted by Gasteiger charge is -2.33. The van der Waals surface area contributed by atoms with Crippen LogP contribution in [0, 0.1) is 0 Å². The SMILES string of the molecule is COc1ccc2c(NC3CCN(Cc4ccccc4)CC3)nc(N3CCCN(C)CC3)nc2c1. The first kappa shape index (κ1) is 22.9. The number of likely N-dealkylation sites (N-methyl/N-ethyl adjacent to an activating group) is 1. The molecule has 2 aliphatic heterocycles. The van der Waals surface area contributed by atoms with Crippen LogP contribution in [0.15, 0.2) is 48.5 Å². The summed E-state index contributed by atoms with van der Waals surface area (Å²) in [5.74, 6) is 2.59. The number of nitrogens with zero attached hydrogens (tertiary/aromatic N) is 5. The number of anilines is 2. The van der Waals surface area contributed by atoms with E-state index in [9.17, 15) is 0 Å². The second-order valence-corrected chi connectivity index (χ2v) is 9.58. The molecule has 2 saturated heterocycles. The second-order valence-electron chi connectivity index (χ2n) is 9.58. The largest absolute Gasteiger partial charge is 0.497 e. The molecule has 0 atom stereocenters. The van der Waals surface area contributed by atoms with Crippen LogP contribution < -0.4 is 15.0 Å². The van der Waals surface area contributed by atoms with Gasteiger partial charge in [-0.1, -0.05) is 30.3 Å². The van der Waals surface area contributed by atoms with Gasteiger partial charge in [-0.3, -0.25) is 4.90 Å². The van der Waals surface area contributed by atoms with Gasteiger partial charge < -0.3 is 19.9 Å². The highest BCUT2D eigenvalue weighted by atomic mass is 16.5. The average molecular weight is 461 g/mol. The number of fused-ring (bicyclic) bond motifs is 1. The number of piperidine rings is 1. The molecule has 0 saturated carbocycles. The molecule has 180 valence electrons. The smallest absolute Gasteiger partial charge is 0.227 e. The van der Waals surface area contributed by atoms with Crippen LogP contribution >= 0.6 is 0 Å². The number of aromatic nitrogens is 2. The summed E-state index contributed by atoms with van der Waals surface area (Å²) in [4.78, 5) is 17.3. The molecule has 3 aromatic rings. The van der Waals surface area contributed by atoms with Crippen molar-refractivity contribution in [2.45, 2.75) is 31.8 Å². The predicted octanol–water partition coefficient (Wildman–Crippen LogP) is 3.86. The zero-order valence-electron chi connectivity index (χ0n) is 20.4. The summed E-state index contributed by atoms with van der Waals surface area (Å²) in [7, 11) is 3.89. The number of nitrogens with one attached hydrogen (secondary N) is 1. The van der Waals surface area contributed by atoms with Crippen molar-refractivity contribution in [1.82, 2.24) is 19.8 Å². The maximum absolute atomic E-state index is 5.49. The van der Waals surface area contributed by atoms with Crippen molar-refractivity contribution in [3.63, 3.8) is 0 Å². The van der Waals surface area contributed by atoms with E-state index in [4.69, 9.17) is 14.7 Å². The normalized spacial score (nSPS) is 18.7. The standard InChI is InChI=1S/C27H36N6O/c1-31-13-6-14-33(18-17-31)27-29-25-19-23(34-2)9-10-24(25)26(30-27)28-22-11-15-32(16-12-22)20-21-7-4-3-5-8-21/h3-5,7-10,19,22H,6,11-18,20H2,1-2H3,(H,28,29,30). The Hall–Kier alpha value is -2.90. The first-order valence-electron chi connectivity index (χ1n) is 12.5. The van der Waals surface area contributed by atoms with Crippen LogP contribution in [0.5, 0.6) is 5.75 Å². The fraction of sp³-hybridized carbons (Fsp3) is 0.481. The zero-order chi connectivity index (χ0) is 23.3. The van der Waals surface area contributed by atoms with Crippen LogP contribution in [-0.2, 0) is 6.54 Å². The fourth-order valence-corrected chi connectivity index (χ4v) is 4.99. The molecule has 0 radical (unpaired) electrons. The minimum Gasteiger partial charge on any atom is -0.497 e. The first-order chi connectivity index (χ1) is 16.7. The average Bonchev–Trinajstić information content (AvgIpc) is 3.09. The van der Waals surface area contributed by atoms with Gasteiger partial charge in [0.2, 0.25) is 5.95 Å². The van der Waals surface area contributed by atoms with Crippen molar-refractivity contribution in [2.24, 2.45) is 0 Å². The van der Waals surface area contributed by atoms with Crippen molar-refractivity contribution in [1.29, 1.82) is 0 Å². The Bertz CT molecular complexity index is 1080. The van der Waals surface area contributed by atoms with Crippen molar-refractivity contribution in [3.8, 4) is 5.75 Å². The van der Waals surface area contributed by atoms with Crippen LogP contribution in [0.2, 0.25) is 0 Å². The molecule has 5 rings (SSSR count). The Morgan fingerprint density at radius 1 is 0.941 bits per heavy atom. The van der Waals surface area contributed by atoms with Gasteiger partial charge in [0.1, 0.15) is 11.6 Å². The van der Waals surface area contributed by atoms with Crippen molar-refractivity contribution in [3.05, 3.63) is 54.1 Å². The van der Waals surface area contributed by atoms with Crippen LogP contribution in [0.3, 0.4) is 0 Å². The van der Waals surface area contributed by atoms with Crippen molar-refractivity contribution >= 4 is 22.7 Å². The molecule has 2 fully saturated rings. The molecule has 0 aliphatic carbocycles.